The molecule has 0 radical (unpaired) electrons. The molecule has 0 aliphatic rings. The van der Waals surface area contributed by atoms with Gasteiger partial charge in [-0.3, -0.25) is 18.6 Å². The van der Waals surface area contributed by atoms with E-state index in [2.05, 4.69) is 135 Å². The van der Waals surface area contributed by atoms with Gasteiger partial charge in [-0.1, -0.05) is 258 Å². The van der Waals surface area contributed by atoms with E-state index in [1.54, 1.807) is 0 Å². The quantitative estimate of drug-likeness (QED) is 0.0205. The first-order valence-electron chi connectivity index (χ1n) is 33.4. The molecule has 0 saturated heterocycles. The van der Waals surface area contributed by atoms with Gasteiger partial charge in [0.2, 0.25) is 5.91 Å². The molecular weight excluding hydrogens is 1040 g/mol. The first kappa shape index (κ1) is 78.4. The summed E-state index contributed by atoms with van der Waals surface area (Å²) in [5.41, 5.74) is 0. The van der Waals surface area contributed by atoms with Crippen molar-refractivity contribution in [1.82, 2.24) is 5.32 Å². The Morgan fingerprint density at radius 1 is 0.439 bits per heavy atom. The smallest absolute Gasteiger partial charge is 0.456 e. The van der Waals surface area contributed by atoms with Crippen molar-refractivity contribution in [3.63, 3.8) is 0 Å². The van der Waals surface area contributed by atoms with Gasteiger partial charge in [0.25, 0.3) is 0 Å². The van der Waals surface area contributed by atoms with Gasteiger partial charge >= 0.3 is 13.8 Å². The Kier molecular flexibility index (Phi) is 57.9. The van der Waals surface area contributed by atoms with E-state index in [4.69, 9.17) is 13.8 Å². The summed E-state index contributed by atoms with van der Waals surface area (Å²) < 4.78 is 30.7. The Morgan fingerprint density at radius 2 is 0.780 bits per heavy atom. The van der Waals surface area contributed by atoms with E-state index < -0.39 is 20.0 Å². The minimum absolute atomic E-state index is 0.0284. The number of phosphoric ester groups is 1. The minimum Gasteiger partial charge on any atom is -0.456 e. The minimum atomic E-state index is -4.47. The lowest BCUT2D eigenvalue weighted by Gasteiger charge is -2.27. The molecule has 0 rings (SSSR count). The van der Waals surface area contributed by atoms with Gasteiger partial charge in [0.1, 0.15) is 19.3 Å². The lowest BCUT2D eigenvalue weighted by Crippen LogP contribution is -2.47. The zero-order valence-corrected chi connectivity index (χ0v) is 54.6. The molecule has 0 aromatic carbocycles. The van der Waals surface area contributed by atoms with Crippen molar-refractivity contribution in [1.29, 1.82) is 0 Å². The molecule has 0 aromatic rings. The van der Waals surface area contributed by atoms with Crippen LogP contribution in [-0.2, 0) is 27.9 Å². The molecule has 0 aliphatic heterocycles. The third-order valence-corrected chi connectivity index (χ3v) is 15.1. The molecule has 3 unspecified atom stereocenters. The predicted octanol–water partition coefficient (Wildman–Crippen LogP) is 21.1. The molecule has 0 spiro atoms. The number of esters is 1. The lowest BCUT2D eigenvalue weighted by atomic mass is 10.0. The second-order valence-corrected chi connectivity index (χ2v) is 24.7. The van der Waals surface area contributed by atoms with Gasteiger partial charge in [0.05, 0.1) is 33.8 Å². The van der Waals surface area contributed by atoms with Crippen LogP contribution in [0.4, 0.5) is 0 Å². The fourth-order valence-corrected chi connectivity index (χ4v) is 9.74. The molecule has 0 heterocycles. The van der Waals surface area contributed by atoms with Gasteiger partial charge in [-0.25, -0.2) is 4.57 Å². The van der Waals surface area contributed by atoms with Crippen LogP contribution in [0, 0.1) is 0 Å². The summed E-state index contributed by atoms with van der Waals surface area (Å²) in [5.74, 6) is -0.542. The number of nitrogens with one attached hydrogen (secondary N) is 1. The van der Waals surface area contributed by atoms with Crippen LogP contribution in [0.15, 0.2) is 122 Å². The molecule has 0 aliphatic carbocycles. The number of hydrogen-bond acceptors (Lipinski definition) is 6. The van der Waals surface area contributed by atoms with Crippen LogP contribution in [0.3, 0.4) is 0 Å². The molecule has 0 aromatic heterocycles. The highest BCUT2D eigenvalue weighted by molar-refractivity contribution is 7.47. The molecule has 1 amide bonds. The first-order valence-corrected chi connectivity index (χ1v) is 34.9. The number of quaternary nitrogens is 1. The zero-order valence-electron chi connectivity index (χ0n) is 53.7. The van der Waals surface area contributed by atoms with Crippen LogP contribution in [0.2, 0.25) is 0 Å². The van der Waals surface area contributed by atoms with Crippen molar-refractivity contribution in [3.05, 3.63) is 122 Å². The number of hydrogen-bond donors (Lipinski definition) is 2. The molecule has 470 valence electrons. The number of ether oxygens (including phenoxy) is 1. The normalized spacial score (nSPS) is 14.4. The second kappa shape index (κ2) is 60.5. The molecule has 10 heteroatoms. The zero-order chi connectivity index (χ0) is 60.0. The van der Waals surface area contributed by atoms with Crippen LogP contribution in [-0.4, -0.2) is 74.3 Å². The summed E-state index contributed by atoms with van der Waals surface area (Å²) in [6.45, 7) is 6.85. The summed E-state index contributed by atoms with van der Waals surface area (Å²) in [4.78, 5) is 37.8. The fourth-order valence-electron chi connectivity index (χ4n) is 9.01. The number of rotatable bonds is 59. The summed E-state index contributed by atoms with van der Waals surface area (Å²) >= 11 is 0. The Bertz CT molecular complexity index is 1820. The van der Waals surface area contributed by atoms with Crippen LogP contribution in [0.25, 0.3) is 0 Å². The third-order valence-electron chi connectivity index (χ3n) is 14.1. The van der Waals surface area contributed by atoms with E-state index in [-0.39, 0.29) is 31.5 Å². The highest BCUT2D eigenvalue weighted by Crippen LogP contribution is 2.43. The van der Waals surface area contributed by atoms with E-state index in [9.17, 15) is 19.0 Å². The van der Waals surface area contributed by atoms with Crippen LogP contribution in [0.5, 0.6) is 0 Å². The van der Waals surface area contributed by atoms with E-state index in [0.717, 1.165) is 148 Å². The van der Waals surface area contributed by atoms with Crippen molar-refractivity contribution < 1.29 is 37.3 Å². The van der Waals surface area contributed by atoms with Gasteiger partial charge in [-0.15, -0.1) is 0 Å². The molecule has 2 N–H and O–H groups in total. The van der Waals surface area contributed by atoms with Gasteiger partial charge in [0.15, 0.2) is 0 Å². The van der Waals surface area contributed by atoms with Crippen molar-refractivity contribution in [2.75, 3.05) is 40.9 Å². The number of nitrogens with zero attached hydrogens (tertiary/aromatic N) is 1. The molecule has 82 heavy (non-hydrogen) atoms. The summed E-state index contributed by atoms with van der Waals surface area (Å²) in [7, 11) is 1.46. The van der Waals surface area contributed by atoms with Crippen LogP contribution >= 0.6 is 7.82 Å². The molecule has 9 nitrogen and oxygen atoms in total. The van der Waals surface area contributed by atoms with Gasteiger partial charge < -0.3 is 19.4 Å². The van der Waals surface area contributed by atoms with E-state index >= 15 is 0 Å². The maximum absolute atomic E-state index is 13.6. The SMILES string of the molecule is CC/C=C\C/C=C\C/C=C\C/C=C\C/C=C\C/C=C\CCCCCCCCC(=O)NC(COP(=O)(O)OCC[N+](C)(C)C)C(/C=C\CCCCCCCCCCCC)OC(=O)CCCCCCCC/C=C\C/C=C\C/C=C\CCCCC. The molecular formula is C72H126N2O7P+. The number of allylic oxidation sites excluding steroid dienone is 19. The predicted molar refractivity (Wildman–Crippen MR) is 355 cm³/mol. The number of phosphoric acid groups is 1. The third kappa shape index (κ3) is 61.0. The lowest BCUT2D eigenvalue weighted by molar-refractivity contribution is -0.870. The number of carbonyl (C=O) groups is 2. The Morgan fingerprint density at radius 3 is 1.20 bits per heavy atom. The topological polar surface area (TPSA) is 111 Å². The van der Waals surface area contributed by atoms with Crippen LogP contribution in [0.1, 0.15) is 271 Å². The van der Waals surface area contributed by atoms with Crippen molar-refractivity contribution in [2.45, 2.75) is 283 Å². The molecule has 0 bridgehead atoms. The standard InChI is InChI=1S/C72H125N2O7P/c1-7-10-13-16-19-22-25-28-30-32-34-35-36-37-38-39-41-42-44-46-49-52-55-58-61-64-71(75)73-69(68-80-82(77,78)79-67-66-74(4,5)6)70(63-60-57-54-51-48-27-24-21-18-15-12-9-3)81-72(76)65-62-59-56-53-50-47-45-43-40-33-31-29-26-23-20-17-14-11-8-2/h10,13,19-20,22-23,28-31,34-35,37-38,40-43,60,63,69-70H,7-9,11-12,14-18,21,24-27,32-33,36,39,44-59,61-62,64-68H2,1-6H3,(H-,73,75,77,78)/p+1/b13-10-,22-19-,23-20-,30-28-,31-29-,35-34-,38-37-,42-41-,43-40-,63-60-. The largest absolute Gasteiger partial charge is 0.472 e. The number of likely N-dealkylation sites (N-methyl/N-ethyl adjacent to an activating group) is 1. The van der Waals surface area contributed by atoms with E-state index in [0.29, 0.717) is 17.4 Å². The fraction of sp³-hybridized carbons (Fsp3) is 0.694. The number of amides is 1. The first-order chi connectivity index (χ1) is 39.9. The van der Waals surface area contributed by atoms with E-state index in [1.165, 1.54) is 89.9 Å². The summed E-state index contributed by atoms with van der Waals surface area (Å²) in [5, 5.41) is 3.05. The Balaban J connectivity index is 5.23. The van der Waals surface area contributed by atoms with Crippen molar-refractivity contribution >= 4 is 19.7 Å². The molecule has 0 saturated carbocycles. The highest BCUT2D eigenvalue weighted by Gasteiger charge is 2.30. The molecule has 3 atom stereocenters. The second-order valence-electron chi connectivity index (χ2n) is 23.3. The summed E-state index contributed by atoms with van der Waals surface area (Å²) in [6.07, 6.45) is 84.8. The maximum atomic E-state index is 13.6. The number of unbranched alkanes of at least 4 members (excludes halogenated alkanes) is 25. The average Bonchev–Trinajstić information content (AvgIpc) is 3.44. The van der Waals surface area contributed by atoms with Gasteiger partial charge in [-0.05, 0) is 122 Å². The Hall–Kier alpha value is -3.59. The van der Waals surface area contributed by atoms with Crippen molar-refractivity contribution in [2.24, 2.45) is 0 Å². The average molecular weight is 1160 g/mol. The maximum Gasteiger partial charge on any atom is 0.472 e. The van der Waals surface area contributed by atoms with E-state index in [1.807, 2.05) is 33.3 Å². The highest BCUT2D eigenvalue weighted by atomic mass is 31.2. The van der Waals surface area contributed by atoms with Gasteiger partial charge in [0, 0.05) is 12.8 Å². The Labute approximate surface area is 505 Å². The van der Waals surface area contributed by atoms with Crippen LogP contribution < -0.4 is 5.32 Å². The monoisotopic (exact) mass is 1160 g/mol. The van der Waals surface area contributed by atoms with Crippen molar-refractivity contribution in [3.8, 4) is 0 Å². The molecule has 0 fully saturated rings. The number of carbonyl (C=O) groups excluding carboxylic acids is 2. The summed E-state index contributed by atoms with van der Waals surface area (Å²) in [6, 6.07) is -0.871. The van der Waals surface area contributed by atoms with Gasteiger partial charge in [-0.2, -0.15) is 0 Å².